The first kappa shape index (κ1) is 18.6. The standard InChI is InChI=1S/C21H24N4O2/c1-3-4-10-19(15-8-7-12-22-14-15)25(2)21(27)18-13-17(23-24-18)16-9-5-6-11-20(16)26/h5-9,11-14,19,26H,3-4,10H2,1-2H3,(H,23,24). The van der Waals surface area contributed by atoms with Crippen molar-refractivity contribution in [3.05, 3.63) is 66.1 Å². The second-order valence-corrected chi connectivity index (χ2v) is 6.54. The number of aromatic nitrogens is 3. The highest BCUT2D eigenvalue weighted by atomic mass is 16.3. The van der Waals surface area contributed by atoms with Gasteiger partial charge in [-0.05, 0) is 36.2 Å². The summed E-state index contributed by atoms with van der Waals surface area (Å²) in [5, 5.41) is 17.0. The molecule has 1 amide bonds. The minimum atomic E-state index is -0.144. The van der Waals surface area contributed by atoms with E-state index in [-0.39, 0.29) is 17.7 Å². The molecule has 6 heteroatoms. The van der Waals surface area contributed by atoms with Gasteiger partial charge in [-0.3, -0.25) is 14.9 Å². The Kier molecular flexibility index (Phi) is 5.86. The van der Waals surface area contributed by atoms with Crippen LogP contribution in [-0.2, 0) is 0 Å². The molecule has 1 unspecified atom stereocenters. The van der Waals surface area contributed by atoms with Gasteiger partial charge in [-0.1, -0.05) is 38.0 Å². The maximum absolute atomic E-state index is 13.0. The summed E-state index contributed by atoms with van der Waals surface area (Å²) in [7, 11) is 1.80. The van der Waals surface area contributed by atoms with E-state index in [1.54, 1.807) is 42.4 Å². The van der Waals surface area contributed by atoms with E-state index in [0.717, 1.165) is 24.8 Å². The first-order chi connectivity index (χ1) is 13.1. The summed E-state index contributed by atoms with van der Waals surface area (Å²) in [5.41, 5.74) is 2.53. The number of nitrogens with one attached hydrogen (secondary N) is 1. The Morgan fingerprint density at radius 1 is 1.26 bits per heavy atom. The molecule has 1 atom stereocenters. The molecule has 0 spiro atoms. The number of hydrogen-bond acceptors (Lipinski definition) is 4. The molecular weight excluding hydrogens is 340 g/mol. The molecule has 0 fully saturated rings. The smallest absolute Gasteiger partial charge is 0.272 e. The zero-order chi connectivity index (χ0) is 19.2. The number of hydrogen-bond donors (Lipinski definition) is 2. The van der Waals surface area contributed by atoms with Crippen LogP contribution in [0.2, 0.25) is 0 Å². The third-order valence-corrected chi connectivity index (χ3v) is 4.68. The van der Waals surface area contributed by atoms with Crippen LogP contribution in [0.4, 0.5) is 0 Å². The average molecular weight is 364 g/mol. The van der Waals surface area contributed by atoms with Crippen LogP contribution in [0, 0.1) is 0 Å². The highest BCUT2D eigenvalue weighted by Crippen LogP contribution is 2.29. The number of phenols is 1. The van der Waals surface area contributed by atoms with Crippen molar-refractivity contribution in [1.29, 1.82) is 0 Å². The number of carbonyl (C=O) groups is 1. The number of carbonyl (C=O) groups excluding carboxylic acids is 1. The number of benzene rings is 1. The van der Waals surface area contributed by atoms with Gasteiger partial charge in [0.2, 0.25) is 0 Å². The van der Waals surface area contributed by atoms with Crippen molar-refractivity contribution >= 4 is 5.91 Å². The van der Waals surface area contributed by atoms with Crippen molar-refractivity contribution in [2.24, 2.45) is 0 Å². The average Bonchev–Trinajstić information content (AvgIpc) is 3.18. The third kappa shape index (κ3) is 4.16. The summed E-state index contributed by atoms with van der Waals surface area (Å²) in [6, 6.07) is 12.4. The number of amides is 1. The lowest BCUT2D eigenvalue weighted by Gasteiger charge is -2.28. The minimum Gasteiger partial charge on any atom is -0.507 e. The molecule has 0 aliphatic heterocycles. The summed E-state index contributed by atoms with van der Waals surface area (Å²) < 4.78 is 0. The van der Waals surface area contributed by atoms with Gasteiger partial charge >= 0.3 is 0 Å². The van der Waals surface area contributed by atoms with Gasteiger partial charge < -0.3 is 10.0 Å². The first-order valence-electron chi connectivity index (χ1n) is 9.12. The van der Waals surface area contributed by atoms with Gasteiger partial charge in [0.25, 0.3) is 5.91 Å². The molecule has 0 saturated heterocycles. The van der Waals surface area contributed by atoms with E-state index in [0.29, 0.717) is 17.0 Å². The fourth-order valence-electron chi connectivity index (χ4n) is 3.15. The number of phenolic OH excluding ortho intramolecular Hbond substituents is 1. The van der Waals surface area contributed by atoms with E-state index in [2.05, 4.69) is 22.1 Å². The lowest BCUT2D eigenvalue weighted by atomic mass is 10.0. The predicted octanol–water partition coefficient (Wildman–Crippen LogP) is 4.18. The largest absolute Gasteiger partial charge is 0.507 e. The SMILES string of the molecule is CCCCC(c1cccnc1)N(C)C(=O)c1cc(-c2ccccc2O)n[nH]1. The zero-order valence-electron chi connectivity index (χ0n) is 15.6. The first-order valence-corrected chi connectivity index (χ1v) is 9.12. The van der Waals surface area contributed by atoms with Crippen molar-refractivity contribution in [3.8, 4) is 17.0 Å². The molecule has 0 saturated carbocycles. The molecule has 6 nitrogen and oxygen atoms in total. The monoisotopic (exact) mass is 364 g/mol. The van der Waals surface area contributed by atoms with Crippen LogP contribution >= 0.6 is 0 Å². The van der Waals surface area contributed by atoms with Crippen LogP contribution in [0.3, 0.4) is 0 Å². The maximum atomic E-state index is 13.0. The van der Waals surface area contributed by atoms with Crippen molar-refractivity contribution in [2.75, 3.05) is 7.05 Å². The number of pyridine rings is 1. The normalized spacial score (nSPS) is 11.9. The Morgan fingerprint density at radius 2 is 2.07 bits per heavy atom. The predicted molar refractivity (Wildman–Crippen MR) is 104 cm³/mol. The Bertz CT molecular complexity index is 892. The fourth-order valence-corrected chi connectivity index (χ4v) is 3.15. The van der Waals surface area contributed by atoms with Crippen LogP contribution in [0.1, 0.15) is 48.3 Å². The van der Waals surface area contributed by atoms with E-state index < -0.39 is 0 Å². The number of aromatic hydroxyl groups is 1. The maximum Gasteiger partial charge on any atom is 0.272 e. The molecule has 27 heavy (non-hydrogen) atoms. The molecule has 2 aromatic heterocycles. The van der Waals surface area contributed by atoms with Gasteiger partial charge in [-0.25, -0.2) is 0 Å². The van der Waals surface area contributed by atoms with Crippen molar-refractivity contribution < 1.29 is 9.90 Å². The number of H-pyrrole nitrogens is 1. The number of rotatable bonds is 7. The van der Waals surface area contributed by atoms with Crippen LogP contribution in [-0.4, -0.2) is 38.1 Å². The summed E-state index contributed by atoms with van der Waals surface area (Å²) in [5.74, 6) is -0.0123. The molecule has 2 heterocycles. The van der Waals surface area contributed by atoms with Gasteiger partial charge in [0, 0.05) is 25.0 Å². The van der Waals surface area contributed by atoms with E-state index in [4.69, 9.17) is 0 Å². The molecule has 1 aromatic carbocycles. The Labute approximate surface area is 158 Å². The Morgan fingerprint density at radius 3 is 2.78 bits per heavy atom. The molecule has 0 aliphatic carbocycles. The lowest BCUT2D eigenvalue weighted by molar-refractivity contribution is 0.0714. The van der Waals surface area contributed by atoms with Crippen LogP contribution in [0.15, 0.2) is 54.9 Å². The lowest BCUT2D eigenvalue weighted by Crippen LogP contribution is -2.31. The van der Waals surface area contributed by atoms with Crippen molar-refractivity contribution in [1.82, 2.24) is 20.1 Å². The highest BCUT2D eigenvalue weighted by Gasteiger charge is 2.24. The van der Waals surface area contributed by atoms with E-state index >= 15 is 0 Å². The van der Waals surface area contributed by atoms with Gasteiger partial charge in [0.05, 0.1) is 11.7 Å². The second-order valence-electron chi connectivity index (χ2n) is 6.54. The molecule has 0 aliphatic rings. The summed E-state index contributed by atoms with van der Waals surface area (Å²) in [6.45, 7) is 2.13. The minimum absolute atomic E-state index is 0.0528. The molecule has 140 valence electrons. The number of nitrogens with zero attached hydrogens (tertiary/aromatic N) is 3. The number of unbranched alkanes of at least 4 members (excludes halogenated alkanes) is 1. The van der Waals surface area contributed by atoms with Crippen molar-refractivity contribution in [3.63, 3.8) is 0 Å². The highest BCUT2D eigenvalue weighted by molar-refractivity contribution is 5.93. The van der Waals surface area contributed by atoms with E-state index in [1.165, 1.54) is 0 Å². The molecular formula is C21H24N4O2. The number of aromatic amines is 1. The molecule has 0 bridgehead atoms. The fraction of sp³-hybridized carbons (Fsp3) is 0.286. The van der Waals surface area contributed by atoms with E-state index in [9.17, 15) is 9.90 Å². The molecule has 0 radical (unpaired) electrons. The molecule has 3 aromatic rings. The molecule has 2 N–H and O–H groups in total. The van der Waals surface area contributed by atoms with Gasteiger partial charge in [0.15, 0.2) is 0 Å². The van der Waals surface area contributed by atoms with Crippen LogP contribution < -0.4 is 0 Å². The second kappa shape index (κ2) is 8.49. The summed E-state index contributed by atoms with van der Waals surface area (Å²) in [4.78, 5) is 19.0. The van der Waals surface area contributed by atoms with E-state index in [1.807, 2.05) is 24.4 Å². The number of para-hydroxylation sites is 1. The van der Waals surface area contributed by atoms with Crippen LogP contribution in [0.5, 0.6) is 5.75 Å². The van der Waals surface area contributed by atoms with Gasteiger partial charge in [0.1, 0.15) is 11.4 Å². The van der Waals surface area contributed by atoms with Gasteiger partial charge in [-0.15, -0.1) is 0 Å². The van der Waals surface area contributed by atoms with Crippen molar-refractivity contribution in [2.45, 2.75) is 32.2 Å². The zero-order valence-corrected chi connectivity index (χ0v) is 15.6. The Hall–Kier alpha value is -3.15. The van der Waals surface area contributed by atoms with Gasteiger partial charge in [-0.2, -0.15) is 5.10 Å². The quantitative estimate of drug-likeness (QED) is 0.659. The summed E-state index contributed by atoms with van der Waals surface area (Å²) >= 11 is 0. The summed E-state index contributed by atoms with van der Waals surface area (Å²) in [6.07, 6.45) is 6.48. The Balaban J connectivity index is 1.84. The van der Waals surface area contributed by atoms with Crippen LogP contribution in [0.25, 0.3) is 11.3 Å². The third-order valence-electron chi connectivity index (χ3n) is 4.68. The molecule has 3 rings (SSSR count). The topological polar surface area (TPSA) is 82.1 Å².